The maximum absolute atomic E-state index is 13.3. The molecule has 2 aliphatic rings. The molecule has 4 rings (SSSR count). The van der Waals surface area contributed by atoms with E-state index >= 15 is 0 Å². The zero-order valence-electron chi connectivity index (χ0n) is 16.3. The first kappa shape index (κ1) is 20.4. The van der Waals surface area contributed by atoms with E-state index in [-0.39, 0.29) is 24.3 Å². The molecule has 1 amide bonds. The molecule has 158 valence electrons. The standard InChI is InChI=1S/C23H22F3NO3/c24-23(25,26)20-9-5-4-8-19(20)21(28)16-12-17-10-11-18(13-16)27(17)22(29)30-14-15-6-2-1-3-7-15/h1-9,16-18H,10-14H2. The van der Waals surface area contributed by atoms with Gasteiger partial charge in [0.2, 0.25) is 0 Å². The highest BCUT2D eigenvalue weighted by Crippen LogP contribution is 2.41. The number of piperidine rings is 1. The maximum Gasteiger partial charge on any atom is 0.417 e. The fourth-order valence-electron chi connectivity index (χ4n) is 4.65. The highest BCUT2D eigenvalue weighted by Gasteiger charge is 2.47. The minimum absolute atomic E-state index is 0.164. The predicted octanol–water partition coefficient (Wildman–Crippen LogP) is 5.47. The van der Waals surface area contributed by atoms with Crippen molar-refractivity contribution in [2.24, 2.45) is 5.92 Å². The van der Waals surface area contributed by atoms with E-state index in [2.05, 4.69) is 0 Å². The lowest BCUT2D eigenvalue weighted by molar-refractivity contribution is -0.137. The number of benzene rings is 2. The molecule has 4 nitrogen and oxygen atoms in total. The van der Waals surface area contributed by atoms with Gasteiger partial charge in [0, 0.05) is 23.6 Å². The summed E-state index contributed by atoms with van der Waals surface area (Å²) in [5.41, 5.74) is -0.298. The fraction of sp³-hybridized carbons (Fsp3) is 0.391. The third-order valence-corrected chi connectivity index (χ3v) is 6.02. The van der Waals surface area contributed by atoms with Crippen LogP contribution in [0.5, 0.6) is 0 Å². The molecule has 2 atom stereocenters. The van der Waals surface area contributed by atoms with Crippen LogP contribution in [0, 0.1) is 5.92 Å². The van der Waals surface area contributed by atoms with E-state index in [1.165, 1.54) is 18.2 Å². The number of ketones is 1. The van der Waals surface area contributed by atoms with Crippen molar-refractivity contribution in [3.63, 3.8) is 0 Å². The van der Waals surface area contributed by atoms with Crippen molar-refractivity contribution >= 4 is 11.9 Å². The highest BCUT2D eigenvalue weighted by molar-refractivity contribution is 5.99. The Morgan fingerprint density at radius 3 is 2.17 bits per heavy atom. The molecule has 2 unspecified atom stereocenters. The summed E-state index contributed by atoms with van der Waals surface area (Å²) >= 11 is 0. The van der Waals surface area contributed by atoms with Gasteiger partial charge in [-0.25, -0.2) is 4.79 Å². The third-order valence-electron chi connectivity index (χ3n) is 6.02. The summed E-state index contributed by atoms with van der Waals surface area (Å²) in [6, 6.07) is 13.9. The van der Waals surface area contributed by atoms with E-state index in [4.69, 9.17) is 4.74 Å². The first-order valence-corrected chi connectivity index (χ1v) is 10.0. The molecule has 7 heteroatoms. The van der Waals surface area contributed by atoms with Crippen LogP contribution in [-0.4, -0.2) is 28.9 Å². The molecule has 0 radical (unpaired) electrons. The van der Waals surface area contributed by atoms with Gasteiger partial charge in [0.15, 0.2) is 5.78 Å². The van der Waals surface area contributed by atoms with Gasteiger partial charge in [-0.2, -0.15) is 13.2 Å². The van der Waals surface area contributed by atoms with E-state index in [9.17, 15) is 22.8 Å². The van der Waals surface area contributed by atoms with Gasteiger partial charge in [-0.05, 0) is 37.3 Å². The molecule has 2 bridgehead atoms. The number of fused-ring (bicyclic) bond motifs is 2. The number of nitrogens with zero attached hydrogens (tertiary/aromatic N) is 1. The molecule has 0 aromatic heterocycles. The molecular formula is C23H22F3NO3. The van der Waals surface area contributed by atoms with Gasteiger partial charge < -0.3 is 9.64 Å². The van der Waals surface area contributed by atoms with Crippen molar-refractivity contribution in [2.75, 3.05) is 0 Å². The highest BCUT2D eigenvalue weighted by atomic mass is 19.4. The molecule has 30 heavy (non-hydrogen) atoms. The van der Waals surface area contributed by atoms with Crippen LogP contribution in [0.25, 0.3) is 0 Å². The zero-order chi connectivity index (χ0) is 21.3. The van der Waals surface area contributed by atoms with Gasteiger partial charge in [-0.15, -0.1) is 0 Å². The Bertz CT molecular complexity index is 915. The largest absolute Gasteiger partial charge is 0.445 e. The minimum Gasteiger partial charge on any atom is -0.445 e. The van der Waals surface area contributed by atoms with Gasteiger partial charge in [0.25, 0.3) is 0 Å². The van der Waals surface area contributed by atoms with Crippen LogP contribution in [0.1, 0.15) is 47.2 Å². The van der Waals surface area contributed by atoms with Crippen molar-refractivity contribution in [1.29, 1.82) is 0 Å². The number of rotatable bonds is 4. The van der Waals surface area contributed by atoms with Crippen LogP contribution < -0.4 is 0 Å². The maximum atomic E-state index is 13.3. The fourth-order valence-corrected chi connectivity index (χ4v) is 4.65. The minimum atomic E-state index is -4.58. The van der Waals surface area contributed by atoms with Crippen LogP contribution in [0.3, 0.4) is 0 Å². The SMILES string of the molecule is O=C(c1ccccc1C(F)(F)F)C1CC2CCC(C1)N2C(=O)OCc1ccccc1. The number of Topliss-reactive ketones (excluding diaryl/α,β-unsaturated/α-hetero) is 1. The summed E-state index contributed by atoms with van der Waals surface area (Å²) in [5.74, 6) is -1.01. The summed E-state index contributed by atoms with van der Waals surface area (Å²) in [6.45, 7) is 0.164. The average molecular weight is 417 g/mol. The summed E-state index contributed by atoms with van der Waals surface area (Å²) in [4.78, 5) is 27.3. The van der Waals surface area contributed by atoms with E-state index in [1.54, 1.807) is 4.90 Å². The van der Waals surface area contributed by atoms with Crippen molar-refractivity contribution in [2.45, 2.75) is 50.6 Å². The lowest BCUT2D eigenvalue weighted by Crippen LogP contribution is -2.48. The molecule has 2 aromatic carbocycles. The van der Waals surface area contributed by atoms with Crippen LogP contribution in [0.4, 0.5) is 18.0 Å². The number of amides is 1. The number of ether oxygens (including phenoxy) is 1. The number of halogens is 3. The molecule has 0 aliphatic carbocycles. The average Bonchev–Trinajstić information content (AvgIpc) is 3.01. The van der Waals surface area contributed by atoms with Gasteiger partial charge in [-0.1, -0.05) is 48.5 Å². The van der Waals surface area contributed by atoms with Gasteiger partial charge in [0.1, 0.15) is 6.61 Å². The Morgan fingerprint density at radius 1 is 0.933 bits per heavy atom. The first-order valence-electron chi connectivity index (χ1n) is 10.0. The smallest absolute Gasteiger partial charge is 0.417 e. The van der Waals surface area contributed by atoms with Gasteiger partial charge in [-0.3, -0.25) is 4.79 Å². The number of carbonyl (C=O) groups is 2. The second kappa shape index (κ2) is 8.13. The Labute approximate surface area is 172 Å². The topological polar surface area (TPSA) is 46.6 Å². The molecule has 2 fully saturated rings. The van der Waals surface area contributed by atoms with Crippen molar-refractivity contribution in [3.05, 3.63) is 71.3 Å². The molecule has 0 spiro atoms. The Kier molecular flexibility index (Phi) is 5.54. The Balaban J connectivity index is 1.44. The van der Waals surface area contributed by atoms with Crippen LogP contribution >= 0.6 is 0 Å². The summed E-state index contributed by atoms with van der Waals surface area (Å²) in [5, 5.41) is 0. The Hall–Kier alpha value is -2.83. The predicted molar refractivity (Wildman–Crippen MR) is 104 cm³/mol. The van der Waals surface area contributed by atoms with Gasteiger partial charge >= 0.3 is 12.3 Å². The van der Waals surface area contributed by atoms with E-state index in [0.29, 0.717) is 12.8 Å². The summed E-state index contributed by atoms with van der Waals surface area (Å²) in [6.07, 6.45) is -2.81. The zero-order valence-corrected chi connectivity index (χ0v) is 16.3. The number of hydrogen-bond acceptors (Lipinski definition) is 3. The molecule has 0 N–H and O–H groups in total. The molecule has 2 aromatic rings. The lowest BCUT2D eigenvalue weighted by atomic mass is 9.83. The monoisotopic (exact) mass is 417 g/mol. The number of carbonyl (C=O) groups excluding carboxylic acids is 2. The molecule has 2 aliphatic heterocycles. The van der Waals surface area contributed by atoms with Crippen LogP contribution in [0.2, 0.25) is 0 Å². The Morgan fingerprint density at radius 2 is 1.53 bits per heavy atom. The van der Waals surface area contributed by atoms with Crippen molar-refractivity contribution in [1.82, 2.24) is 4.90 Å². The normalized spacial score (nSPS) is 23.3. The van der Waals surface area contributed by atoms with Gasteiger partial charge in [0.05, 0.1) is 5.56 Å². The van der Waals surface area contributed by atoms with E-state index < -0.39 is 29.5 Å². The summed E-state index contributed by atoms with van der Waals surface area (Å²) < 4.78 is 45.4. The molecule has 0 saturated carbocycles. The van der Waals surface area contributed by atoms with Crippen molar-refractivity contribution in [3.8, 4) is 0 Å². The van der Waals surface area contributed by atoms with E-state index in [1.807, 2.05) is 30.3 Å². The third kappa shape index (κ3) is 4.06. The summed E-state index contributed by atoms with van der Waals surface area (Å²) in [7, 11) is 0. The van der Waals surface area contributed by atoms with Crippen LogP contribution in [-0.2, 0) is 17.5 Å². The second-order valence-electron chi connectivity index (χ2n) is 7.91. The quantitative estimate of drug-likeness (QED) is 0.620. The van der Waals surface area contributed by atoms with Crippen molar-refractivity contribution < 1.29 is 27.5 Å². The molecular weight excluding hydrogens is 395 g/mol. The lowest BCUT2D eigenvalue weighted by Gasteiger charge is -2.37. The molecule has 2 saturated heterocycles. The van der Waals surface area contributed by atoms with Crippen LogP contribution in [0.15, 0.2) is 54.6 Å². The number of alkyl halides is 3. The number of hydrogen-bond donors (Lipinski definition) is 0. The second-order valence-corrected chi connectivity index (χ2v) is 7.91. The first-order chi connectivity index (χ1) is 14.3. The van der Waals surface area contributed by atoms with E-state index in [0.717, 1.165) is 24.5 Å². The molecule has 2 heterocycles.